The van der Waals surface area contributed by atoms with Crippen LogP contribution in [0.15, 0.2) is 53.0 Å². The largest absolute Gasteiger partial charge is 0.503 e. The topological polar surface area (TPSA) is 87.9 Å². The maximum Gasteiger partial charge on any atom is 0.341 e. The summed E-state index contributed by atoms with van der Waals surface area (Å²) in [6.07, 6.45) is 1.77. The summed E-state index contributed by atoms with van der Waals surface area (Å²) in [5.74, 6) is -2.68. The van der Waals surface area contributed by atoms with E-state index in [1.165, 1.54) is 34.5 Å². The molecule has 3 rings (SSSR count). The minimum atomic E-state index is -0.901. The van der Waals surface area contributed by atoms with Crippen molar-refractivity contribution in [3.63, 3.8) is 0 Å². The summed E-state index contributed by atoms with van der Waals surface area (Å²) in [7, 11) is 3.92. The zero-order valence-electron chi connectivity index (χ0n) is 21.1. The van der Waals surface area contributed by atoms with E-state index in [-0.39, 0.29) is 47.4 Å². The number of alkyl halides is 2. The van der Waals surface area contributed by atoms with Crippen LogP contribution in [0, 0.1) is 17.6 Å². The average molecular weight is 571 g/mol. The Morgan fingerprint density at radius 1 is 1.11 bits per heavy atom. The Morgan fingerprint density at radius 3 is 2.45 bits per heavy atom. The summed E-state index contributed by atoms with van der Waals surface area (Å²) < 4.78 is 44.0. The SMILES string of the molecule is CO/C=C(/C(=O)OC)c1ccccc1CO/N=C(C)/C(=N\OC)c1cc(F)c(OCC2CC2(Cl)Cl)cc1F. The van der Waals surface area contributed by atoms with Crippen LogP contribution in [-0.4, -0.2) is 49.7 Å². The monoisotopic (exact) mass is 570 g/mol. The molecule has 204 valence electrons. The molecule has 2 aromatic carbocycles. The minimum absolute atomic E-state index is 0.0504. The van der Waals surface area contributed by atoms with E-state index in [1.54, 1.807) is 24.3 Å². The van der Waals surface area contributed by atoms with Crippen LogP contribution in [0.4, 0.5) is 8.78 Å². The van der Waals surface area contributed by atoms with Gasteiger partial charge < -0.3 is 23.9 Å². The van der Waals surface area contributed by atoms with Gasteiger partial charge >= 0.3 is 5.97 Å². The van der Waals surface area contributed by atoms with E-state index in [0.29, 0.717) is 17.5 Å². The number of esters is 1. The first-order valence-electron chi connectivity index (χ1n) is 11.3. The third-order valence-electron chi connectivity index (χ3n) is 5.57. The van der Waals surface area contributed by atoms with E-state index >= 15 is 0 Å². The van der Waals surface area contributed by atoms with E-state index in [2.05, 4.69) is 10.3 Å². The first kappa shape index (κ1) is 29.2. The fourth-order valence-electron chi connectivity index (χ4n) is 3.46. The summed E-state index contributed by atoms with van der Waals surface area (Å²) >= 11 is 11.9. The summed E-state index contributed by atoms with van der Waals surface area (Å²) in [6, 6.07) is 8.74. The van der Waals surface area contributed by atoms with Crippen LogP contribution in [0.5, 0.6) is 5.75 Å². The van der Waals surface area contributed by atoms with Crippen LogP contribution in [0.3, 0.4) is 0 Å². The Kier molecular flexibility index (Phi) is 9.93. The number of rotatable bonds is 12. The lowest BCUT2D eigenvalue weighted by molar-refractivity contribution is -0.133. The van der Waals surface area contributed by atoms with E-state index in [0.717, 1.165) is 12.1 Å². The maximum atomic E-state index is 15.0. The summed E-state index contributed by atoms with van der Waals surface area (Å²) in [6.45, 7) is 1.47. The van der Waals surface area contributed by atoms with Crippen molar-refractivity contribution >= 4 is 46.2 Å². The second-order valence-corrected chi connectivity index (χ2v) is 9.77. The third-order valence-corrected chi connectivity index (χ3v) is 6.49. The van der Waals surface area contributed by atoms with Crippen molar-refractivity contribution in [1.82, 2.24) is 0 Å². The van der Waals surface area contributed by atoms with Crippen molar-refractivity contribution < 1.29 is 37.5 Å². The molecule has 1 atom stereocenters. The number of ether oxygens (including phenoxy) is 3. The summed E-state index contributed by atoms with van der Waals surface area (Å²) in [4.78, 5) is 22.5. The molecule has 8 nitrogen and oxygen atoms in total. The Bertz CT molecular complexity index is 1270. The number of nitrogens with zero attached hydrogens (tertiary/aromatic N) is 2. The average Bonchev–Trinajstić information content (AvgIpc) is 3.52. The lowest BCUT2D eigenvalue weighted by atomic mass is 10.0. The number of carbonyl (C=O) groups excluding carboxylic acids is 1. The van der Waals surface area contributed by atoms with Crippen LogP contribution in [0.25, 0.3) is 5.57 Å². The first-order chi connectivity index (χ1) is 18.1. The highest BCUT2D eigenvalue weighted by Gasteiger charge is 2.52. The molecular weight excluding hydrogens is 545 g/mol. The van der Waals surface area contributed by atoms with Crippen LogP contribution in [0.2, 0.25) is 0 Å². The summed E-state index contributed by atoms with van der Waals surface area (Å²) in [5.41, 5.74) is 1.07. The smallest absolute Gasteiger partial charge is 0.341 e. The van der Waals surface area contributed by atoms with Crippen LogP contribution < -0.4 is 4.74 Å². The van der Waals surface area contributed by atoms with Gasteiger partial charge in [0.05, 0.1) is 27.1 Å². The molecule has 0 aromatic heterocycles. The molecule has 1 aliphatic carbocycles. The summed E-state index contributed by atoms with van der Waals surface area (Å²) in [5, 5.41) is 7.79. The molecule has 1 unspecified atom stereocenters. The number of methoxy groups -OCH3 is 2. The van der Waals surface area contributed by atoms with Gasteiger partial charge in [-0.2, -0.15) is 0 Å². The second kappa shape index (κ2) is 12.9. The van der Waals surface area contributed by atoms with Crippen LogP contribution >= 0.6 is 23.2 Å². The molecule has 0 saturated heterocycles. The highest BCUT2D eigenvalue weighted by atomic mass is 35.5. The number of carbonyl (C=O) groups is 1. The maximum absolute atomic E-state index is 15.0. The standard InChI is InChI=1S/C26H26Cl2F2N2O6/c1-15(31-38-12-16-7-5-6-8-18(16)20(14-34-2)25(33)35-3)24(32-36-4)19-9-22(30)23(10-21(19)29)37-13-17-11-26(17,27)28/h5-10,14,17H,11-13H2,1-4H3/b20-14+,31-15+,32-24+. The highest BCUT2D eigenvalue weighted by molar-refractivity contribution is 6.50. The fraction of sp³-hybridized carbons (Fsp3) is 0.346. The number of halogens is 4. The fourth-order valence-corrected chi connectivity index (χ4v) is 3.96. The highest BCUT2D eigenvalue weighted by Crippen LogP contribution is 2.53. The Labute approximate surface area is 228 Å². The first-order valence-corrected chi connectivity index (χ1v) is 12.1. The second-order valence-electron chi connectivity index (χ2n) is 8.22. The Hall–Kier alpha value is -3.37. The van der Waals surface area contributed by atoms with Gasteiger partial charge in [0, 0.05) is 23.1 Å². The van der Waals surface area contributed by atoms with Crippen molar-refractivity contribution in [3.8, 4) is 5.75 Å². The molecule has 0 amide bonds. The van der Waals surface area contributed by atoms with Gasteiger partial charge in [-0.15, -0.1) is 23.2 Å². The lowest BCUT2D eigenvalue weighted by Gasteiger charge is -2.12. The number of hydrogen-bond donors (Lipinski definition) is 0. The van der Waals surface area contributed by atoms with Gasteiger partial charge in [0.15, 0.2) is 11.6 Å². The normalized spacial score (nSPS) is 17.1. The number of oxime groups is 2. The predicted molar refractivity (Wildman–Crippen MR) is 139 cm³/mol. The quantitative estimate of drug-likeness (QED) is 0.0819. The van der Waals surface area contributed by atoms with Crippen molar-refractivity contribution in [3.05, 3.63) is 71.0 Å². The molecule has 1 saturated carbocycles. The van der Waals surface area contributed by atoms with E-state index in [1.807, 2.05) is 0 Å². The molecule has 0 bridgehead atoms. The van der Waals surface area contributed by atoms with Gasteiger partial charge in [-0.3, -0.25) is 0 Å². The van der Waals surface area contributed by atoms with Crippen molar-refractivity contribution in [2.45, 2.75) is 24.3 Å². The van der Waals surface area contributed by atoms with Gasteiger partial charge in [-0.25, -0.2) is 13.6 Å². The molecular formula is C26H26Cl2F2N2O6. The van der Waals surface area contributed by atoms with E-state index in [4.69, 9.17) is 47.1 Å². The van der Waals surface area contributed by atoms with Gasteiger partial charge in [0.1, 0.15) is 40.9 Å². The van der Waals surface area contributed by atoms with Crippen molar-refractivity contribution in [2.24, 2.45) is 16.2 Å². The zero-order chi connectivity index (χ0) is 27.9. The van der Waals surface area contributed by atoms with E-state index < -0.39 is 21.9 Å². The Morgan fingerprint density at radius 2 is 1.82 bits per heavy atom. The van der Waals surface area contributed by atoms with Crippen LogP contribution in [-0.2, 0) is 30.6 Å². The van der Waals surface area contributed by atoms with Crippen molar-refractivity contribution in [2.75, 3.05) is 27.9 Å². The van der Waals surface area contributed by atoms with Gasteiger partial charge in [0.2, 0.25) is 0 Å². The number of benzene rings is 2. The molecule has 12 heteroatoms. The molecule has 0 heterocycles. The molecule has 1 aliphatic rings. The van der Waals surface area contributed by atoms with Gasteiger partial charge in [-0.1, -0.05) is 34.6 Å². The van der Waals surface area contributed by atoms with Crippen LogP contribution in [0.1, 0.15) is 30.0 Å². The predicted octanol–water partition coefficient (Wildman–Crippen LogP) is 5.64. The Balaban J connectivity index is 1.78. The minimum Gasteiger partial charge on any atom is -0.503 e. The molecule has 2 aromatic rings. The van der Waals surface area contributed by atoms with Gasteiger partial charge in [0.25, 0.3) is 0 Å². The molecule has 0 spiro atoms. The van der Waals surface area contributed by atoms with Gasteiger partial charge in [-0.05, 0) is 25.0 Å². The number of hydrogen-bond acceptors (Lipinski definition) is 8. The molecule has 1 fully saturated rings. The lowest BCUT2D eigenvalue weighted by Crippen LogP contribution is -2.16. The van der Waals surface area contributed by atoms with Crippen molar-refractivity contribution in [1.29, 1.82) is 0 Å². The third kappa shape index (κ3) is 7.14. The molecule has 0 N–H and O–H groups in total. The molecule has 0 aliphatic heterocycles. The van der Waals surface area contributed by atoms with E-state index in [9.17, 15) is 13.6 Å². The molecule has 0 radical (unpaired) electrons. The zero-order valence-corrected chi connectivity index (χ0v) is 22.6. The molecule has 38 heavy (non-hydrogen) atoms.